The Labute approximate surface area is 554 Å². The number of nitrogens with zero attached hydrogens (tertiary/aromatic N) is 6. The fraction of sp³-hybridized carbons (Fsp3) is 0.0233. The number of hydrogen-bond donors (Lipinski definition) is 0. The molecule has 2 aliphatic carbocycles. The molecule has 0 radical (unpaired) electrons. The number of fused-ring (bicyclic) bond motifs is 14. The molecule has 3 heterocycles. The van der Waals surface area contributed by atoms with Crippen LogP contribution in [0, 0.1) is 35.8 Å². The standard InChI is InChI=1S/C42H24N4.C30H22.C14H6Cl2N2/c1-44-30-21-23-32-31-22-20-27(26-43)24-37(31)45-35-18-10-8-16-33(35)39(28-12-4-2-5-13-28)41(45)42-40(29-14-6-3-7-15-29)34-17-9-11-19-36(34)46(42)38(32)25-30;1-3-11-21(12-4-1)29-25-17-9-7-15-23(25)19-27(29)28-20-24-16-8-10-18-26(24)30(28)22-13-5-2-6-14-22;1-18-10-3-5-12(14(16)7-10)11-4-2-9(8-17)6-13(11)15/h2-25H;1-18H,19-20H2;2-7H. The van der Waals surface area contributed by atoms with Gasteiger partial charge in [-0.1, -0.05) is 266 Å². The van der Waals surface area contributed by atoms with Gasteiger partial charge in [-0.3, -0.25) is 0 Å². The van der Waals surface area contributed by atoms with Crippen LogP contribution in [-0.2, 0) is 12.8 Å². The van der Waals surface area contributed by atoms with Gasteiger partial charge in [-0.15, -0.1) is 0 Å². The van der Waals surface area contributed by atoms with Gasteiger partial charge in [0.1, 0.15) is 0 Å². The van der Waals surface area contributed by atoms with Gasteiger partial charge in [0.15, 0.2) is 11.4 Å². The van der Waals surface area contributed by atoms with Crippen molar-refractivity contribution in [2.75, 3.05) is 0 Å². The van der Waals surface area contributed by atoms with Crippen molar-refractivity contribution in [2.24, 2.45) is 0 Å². The first kappa shape index (κ1) is 58.1. The first-order valence-corrected chi connectivity index (χ1v) is 31.6. The molecule has 2 aliphatic rings. The fourth-order valence-electron chi connectivity index (χ4n) is 13.9. The third kappa shape index (κ3) is 10.2. The maximum atomic E-state index is 10.1. The lowest BCUT2D eigenvalue weighted by Gasteiger charge is -2.14. The number of aromatic nitrogens is 2. The predicted molar refractivity (Wildman–Crippen MR) is 387 cm³/mol. The Balaban J connectivity index is 0.000000130. The summed E-state index contributed by atoms with van der Waals surface area (Å²) in [4.78, 5) is 7.17. The largest absolute Gasteiger partial charge is 0.308 e. The van der Waals surface area contributed by atoms with Crippen LogP contribution in [0.1, 0.15) is 44.5 Å². The van der Waals surface area contributed by atoms with E-state index >= 15 is 0 Å². The van der Waals surface area contributed by atoms with E-state index < -0.39 is 0 Å². The molecule has 8 heteroatoms. The smallest absolute Gasteiger partial charge is 0.189 e. The molecule has 0 saturated carbocycles. The molecule has 0 fully saturated rings. The number of allylic oxidation sites excluding steroid dienone is 2. The third-order valence-electron chi connectivity index (χ3n) is 18.0. The van der Waals surface area contributed by atoms with Gasteiger partial charge in [0.25, 0.3) is 0 Å². The molecule has 0 spiro atoms. The topological polar surface area (TPSA) is 65.1 Å². The second kappa shape index (κ2) is 24.8. The molecule has 440 valence electrons. The highest BCUT2D eigenvalue weighted by atomic mass is 35.5. The average Bonchev–Trinajstić information content (AvgIpc) is 1.52. The van der Waals surface area contributed by atoms with Gasteiger partial charge in [0.2, 0.25) is 0 Å². The van der Waals surface area contributed by atoms with E-state index in [0.29, 0.717) is 32.5 Å². The van der Waals surface area contributed by atoms with E-state index in [4.69, 9.17) is 41.6 Å². The SMILES string of the molecule is [C-]#[N+]c1ccc(-c2ccc(C#N)cc2Cl)c(Cl)c1.[C-]#[N+]c1ccc2c3ccc(C#N)cc3n3c4ccccc4c(-c4ccccc4)c3c3c(-c4ccccc4)c4ccccc4n3c2c1.c1ccc(C2=C(C3=C(c4ccccc4)c4ccccc4C3)Cc3ccccc32)cc1. The van der Waals surface area contributed by atoms with Crippen molar-refractivity contribution in [1.29, 1.82) is 10.5 Å². The van der Waals surface area contributed by atoms with Crippen LogP contribution in [0.2, 0.25) is 10.0 Å². The predicted octanol–water partition coefficient (Wildman–Crippen LogP) is 23.3. The Kier molecular flexibility index (Phi) is 15.4. The quantitative estimate of drug-likeness (QED) is 0.156. The van der Waals surface area contributed by atoms with Crippen molar-refractivity contribution >= 4 is 100 Å². The fourth-order valence-corrected chi connectivity index (χ4v) is 14.5. The molecule has 0 amide bonds. The van der Waals surface area contributed by atoms with Gasteiger partial charge in [0, 0.05) is 53.8 Å². The highest BCUT2D eigenvalue weighted by Crippen LogP contribution is 2.50. The summed E-state index contributed by atoms with van der Waals surface area (Å²) in [6.07, 6.45) is 2.00. The van der Waals surface area contributed by atoms with Gasteiger partial charge in [-0.25, -0.2) is 9.69 Å². The van der Waals surface area contributed by atoms with E-state index in [9.17, 15) is 5.26 Å². The number of hydrogen-bond acceptors (Lipinski definition) is 2. The Bertz CT molecular complexity index is 5490. The second-order valence-corrected chi connectivity index (χ2v) is 24.0. The minimum atomic E-state index is 0.464. The van der Waals surface area contributed by atoms with Crippen LogP contribution in [-0.4, -0.2) is 8.80 Å². The van der Waals surface area contributed by atoms with Gasteiger partial charge >= 0.3 is 0 Å². The highest BCUT2D eigenvalue weighted by Gasteiger charge is 2.32. The lowest BCUT2D eigenvalue weighted by molar-refractivity contribution is 1.13. The zero-order chi connectivity index (χ0) is 63.8. The molecule has 17 rings (SSSR count). The van der Waals surface area contributed by atoms with Crippen molar-refractivity contribution in [3.63, 3.8) is 0 Å². The summed E-state index contributed by atoms with van der Waals surface area (Å²) < 4.78 is 4.72. The van der Waals surface area contributed by atoms with Gasteiger partial charge in [0.05, 0.1) is 64.0 Å². The number of halogens is 2. The first-order chi connectivity index (χ1) is 46.3. The molecule has 6 nitrogen and oxygen atoms in total. The summed E-state index contributed by atoms with van der Waals surface area (Å²) in [7, 11) is 0. The Morgan fingerprint density at radius 1 is 0.330 bits per heavy atom. The number of nitriles is 2. The van der Waals surface area contributed by atoms with Crippen LogP contribution < -0.4 is 0 Å². The van der Waals surface area contributed by atoms with Gasteiger partial charge < -0.3 is 8.80 Å². The maximum absolute atomic E-state index is 10.1. The summed E-state index contributed by atoms with van der Waals surface area (Å²) in [5, 5.41) is 24.1. The van der Waals surface area contributed by atoms with Crippen LogP contribution in [0.25, 0.3) is 109 Å². The van der Waals surface area contributed by atoms with E-state index in [0.717, 1.165) is 101 Å². The molecular weight excluding hydrogens is 1190 g/mol. The van der Waals surface area contributed by atoms with Crippen LogP contribution in [0.5, 0.6) is 0 Å². The molecule has 0 unspecified atom stereocenters. The second-order valence-electron chi connectivity index (χ2n) is 23.2. The van der Waals surface area contributed by atoms with Crippen molar-refractivity contribution in [2.45, 2.75) is 12.8 Å². The van der Waals surface area contributed by atoms with Crippen LogP contribution in [0.4, 0.5) is 11.4 Å². The normalized spacial score (nSPS) is 12.1. The van der Waals surface area contributed by atoms with Crippen molar-refractivity contribution in [3.8, 4) is 45.5 Å². The lowest BCUT2D eigenvalue weighted by atomic mass is 9.90. The minimum absolute atomic E-state index is 0.464. The van der Waals surface area contributed by atoms with Crippen LogP contribution in [0.3, 0.4) is 0 Å². The number of rotatable bonds is 6. The molecule has 0 saturated heterocycles. The molecule has 0 aliphatic heterocycles. The van der Waals surface area contributed by atoms with Crippen LogP contribution in [0.15, 0.2) is 302 Å². The maximum Gasteiger partial charge on any atom is 0.189 e. The van der Waals surface area contributed by atoms with Crippen molar-refractivity contribution in [3.05, 3.63) is 380 Å². The van der Waals surface area contributed by atoms with E-state index in [2.05, 4.69) is 255 Å². The Hall–Kier alpha value is -12.3. The molecule has 12 aromatic carbocycles. The van der Waals surface area contributed by atoms with E-state index in [1.807, 2.05) is 30.3 Å². The summed E-state index contributed by atoms with van der Waals surface area (Å²) in [5.41, 5.74) is 28.2. The highest BCUT2D eigenvalue weighted by molar-refractivity contribution is 6.36. The molecule has 3 aromatic heterocycles. The summed E-state index contributed by atoms with van der Waals surface area (Å²) in [6.45, 7) is 14.9. The number of benzene rings is 12. The monoisotopic (exact) mass is 1240 g/mol. The average molecular weight is 1240 g/mol. The van der Waals surface area contributed by atoms with E-state index in [1.54, 1.807) is 36.4 Å². The van der Waals surface area contributed by atoms with Gasteiger partial charge in [-0.05, 0) is 134 Å². The Morgan fingerprint density at radius 3 is 1.17 bits per heavy atom. The van der Waals surface area contributed by atoms with Crippen molar-refractivity contribution < 1.29 is 0 Å². The lowest BCUT2D eigenvalue weighted by Crippen LogP contribution is -1.96. The minimum Gasteiger partial charge on any atom is -0.308 e. The molecule has 0 N–H and O–H groups in total. The number of para-hydroxylation sites is 2. The van der Waals surface area contributed by atoms with Crippen molar-refractivity contribution in [1.82, 2.24) is 8.80 Å². The van der Waals surface area contributed by atoms with Crippen LogP contribution >= 0.6 is 23.2 Å². The van der Waals surface area contributed by atoms with E-state index in [1.165, 1.54) is 55.7 Å². The zero-order valence-corrected chi connectivity index (χ0v) is 52.1. The molecule has 0 bridgehead atoms. The molecule has 94 heavy (non-hydrogen) atoms. The molecule has 15 aromatic rings. The van der Waals surface area contributed by atoms with Gasteiger partial charge in [-0.2, -0.15) is 10.5 Å². The third-order valence-corrected chi connectivity index (χ3v) is 18.6. The summed E-state index contributed by atoms with van der Waals surface area (Å²) in [5.74, 6) is 0. The summed E-state index contributed by atoms with van der Waals surface area (Å²) >= 11 is 12.2. The first-order valence-electron chi connectivity index (χ1n) is 30.9. The Morgan fingerprint density at radius 2 is 0.702 bits per heavy atom. The summed E-state index contributed by atoms with van der Waals surface area (Å²) in [6, 6.07) is 104. The molecule has 0 atom stereocenters. The van der Waals surface area contributed by atoms with E-state index in [-0.39, 0.29) is 0 Å². The molecular formula is C86H52Cl2N6. The zero-order valence-electron chi connectivity index (χ0n) is 50.6.